The maximum Gasteiger partial charge on any atom is 0.272 e. The molecule has 0 bridgehead atoms. The van der Waals surface area contributed by atoms with E-state index in [0.717, 1.165) is 0 Å². The number of amides is 1. The van der Waals surface area contributed by atoms with Crippen LogP contribution in [-0.2, 0) is 0 Å². The highest BCUT2D eigenvalue weighted by Gasteiger charge is 2.12. The Kier molecular flexibility index (Phi) is 4.26. The van der Waals surface area contributed by atoms with E-state index in [1.54, 1.807) is 31.4 Å². The minimum atomic E-state index is -0.189. The number of aromatic nitrogens is 1. The van der Waals surface area contributed by atoms with Gasteiger partial charge in [0.15, 0.2) is 0 Å². The second-order valence-corrected chi connectivity index (χ2v) is 3.28. The molecule has 1 aromatic heterocycles. The zero-order valence-electron chi connectivity index (χ0n) is 9.00. The second kappa shape index (κ2) is 5.69. The maximum atomic E-state index is 11.8. The smallest absolute Gasteiger partial charge is 0.272 e. The highest BCUT2D eigenvalue weighted by atomic mass is 16.4. The molecule has 0 unspecified atom stereocenters. The Hall–Kier alpha value is -2.11. The molecule has 0 aliphatic heterocycles. The molecule has 0 spiro atoms. The summed E-state index contributed by atoms with van der Waals surface area (Å²) < 4.78 is 0. The predicted octanol–water partition coefficient (Wildman–Crippen LogP) is 0.290. The van der Waals surface area contributed by atoms with E-state index in [9.17, 15) is 4.79 Å². The fourth-order valence-electron chi connectivity index (χ4n) is 1.12. The van der Waals surface area contributed by atoms with Crippen LogP contribution < -0.4 is 5.73 Å². The molecule has 3 N–H and O–H groups in total. The van der Waals surface area contributed by atoms with Crippen molar-refractivity contribution in [3.05, 3.63) is 30.1 Å². The van der Waals surface area contributed by atoms with Gasteiger partial charge < -0.3 is 15.8 Å². The Morgan fingerprint density at radius 1 is 1.62 bits per heavy atom. The van der Waals surface area contributed by atoms with Gasteiger partial charge in [0, 0.05) is 26.2 Å². The number of carbonyl (C=O) groups excluding carboxylic acids is 1. The van der Waals surface area contributed by atoms with Crippen molar-refractivity contribution in [1.82, 2.24) is 9.88 Å². The molecule has 1 heterocycles. The third-order valence-electron chi connectivity index (χ3n) is 2.06. The number of rotatable bonds is 4. The monoisotopic (exact) mass is 222 g/mol. The highest BCUT2D eigenvalue weighted by molar-refractivity contribution is 5.92. The predicted molar refractivity (Wildman–Crippen MR) is 59.2 cm³/mol. The van der Waals surface area contributed by atoms with E-state index in [1.165, 1.54) is 4.90 Å². The van der Waals surface area contributed by atoms with E-state index >= 15 is 0 Å². The SMILES string of the molecule is CN(CC/C(N)=N/O)C(=O)c1ccccn1. The minimum absolute atomic E-state index is 0.0978. The zero-order chi connectivity index (χ0) is 12.0. The van der Waals surface area contributed by atoms with E-state index in [0.29, 0.717) is 18.7 Å². The number of hydrogen-bond donors (Lipinski definition) is 2. The summed E-state index contributed by atoms with van der Waals surface area (Å²) in [6, 6.07) is 5.13. The van der Waals surface area contributed by atoms with Gasteiger partial charge in [-0.05, 0) is 12.1 Å². The molecule has 0 aliphatic carbocycles. The van der Waals surface area contributed by atoms with Gasteiger partial charge in [-0.2, -0.15) is 0 Å². The summed E-state index contributed by atoms with van der Waals surface area (Å²) in [5.74, 6) is -0.0907. The lowest BCUT2D eigenvalue weighted by Crippen LogP contribution is -2.31. The van der Waals surface area contributed by atoms with Crippen molar-refractivity contribution in [3.63, 3.8) is 0 Å². The molecule has 0 saturated carbocycles. The topological polar surface area (TPSA) is 91.8 Å². The molecule has 6 heteroatoms. The van der Waals surface area contributed by atoms with Crippen LogP contribution >= 0.6 is 0 Å². The van der Waals surface area contributed by atoms with Crippen molar-refractivity contribution in [2.24, 2.45) is 10.9 Å². The minimum Gasteiger partial charge on any atom is -0.409 e. The van der Waals surface area contributed by atoms with Gasteiger partial charge in [-0.1, -0.05) is 11.2 Å². The molecule has 0 aromatic carbocycles. The molecule has 0 radical (unpaired) electrons. The molecule has 0 aliphatic rings. The first kappa shape index (κ1) is 12.0. The molecule has 6 nitrogen and oxygen atoms in total. The molecule has 0 saturated heterocycles. The van der Waals surface area contributed by atoms with Crippen molar-refractivity contribution in [2.45, 2.75) is 6.42 Å². The number of amidine groups is 1. The molecule has 1 aromatic rings. The lowest BCUT2D eigenvalue weighted by molar-refractivity contribution is 0.0792. The van der Waals surface area contributed by atoms with E-state index in [1.807, 2.05) is 0 Å². The Morgan fingerprint density at radius 3 is 2.94 bits per heavy atom. The standard InChI is InChI=1S/C10H14N4O2/c1-14(7-5-9(11)13-16)10(15)8-4-2-3-6-12-8/h2-4,6,16H,5,7H2,1H3,(H2,11,13). The van der Waals surface area contributed by atoms with Crippen LogP contribution in [0.4, 0.5) is 0 Å². The van der Waals surface area contributed by atoms with E-state index < -0.39 is 0 Å². The number of nitrogens with zero attached hydrogens (tertiary/aromatic N) is 3. The van der Waals surface area contributed by atoms with Crippen LogP contribution in [0.2, 0.25) is 0 Å². The largest absolute Gasteiger partial charge is 0.409 e. The fourth-order valence-corrected chi connectivity index (χ4v) is 1.12. The van der Waals surface area contributed by atoms with Crippen LogP contribution in [0.1, 0.15) is 16.9 Å². The maximum absolute atomic E-state index is 11.8. The van der Waals surface area contributed by atoms with Gasteiger partial charge in [0.25, 0.3) is 5.91 Å². The van der Waals surface area contributed by atoms with Gasteiger partial charge in [0.05, 0.1) is 0 Å². The Balaban J connectivity index is 2.55. The van der Waals surface area contributed by atoms with Crippen LogP contribution in [0, 0.1) is 0 Å². The second-order valence-electron chi connectivity index (χ2n) is 3.28. The first-order valence-electron chi connectivity index (χ1n) is 4.78. The summed E-state index contributed by atoms with van der Waals surface area (Å²) in [7, 11) is 1.64. The molecule has 1 amide bonds. The summed E-state index contributed by atoms with van der Waals surface area (Å²) in [4.78, 5) is 17.2. The average molecular weight is 222 g/mol. The number of hydrogen-bond acceptors (Lipinski definition) is 4. The quantitative estimate of drug-likeness (QED) is 0.331. The third kappa shape index (κ3) is 3.23. The summed E-state index contributed by atoms with van der Waals surface area (Å²) in [5.41, 5.74) is 5.69. The van der Waals surface area contributed by atoms with Gasteiger partial charge in [-0.15, -0.1) is 0 Å². The molecular formula is C10H14N4O2. The summed E-state index contributed by atoms with van der Waals surface area (Å²) in [6.45, 7) is 0.380. The fraction of sp³-hybridized carbons (Fsp3) is 0.300. The van der Waals surface area contributed by atoms with Gasteiger partial charge in [-0.25, -0.2) is 0 Å². The van der Waals surface area contributed by atoms with E-state index in [-0.39, 0.29) is 11.7 Å². The molecule has 86 valence electrons. The lowest BCUT2D eigenvalue weighted by atomic mass is 10.3. The van der Waals surface area contributed by atoms with E-state index in [2.05, 4.69) is 10.1 Å². The van der Waals surface area contributed by atoms with Crippen LogP contribution in [0.5, 0.6) is 0 Å². The molecule has 16 heavy (non-hydrogen) atoms. The Labute approximate surface area is 93.4 Å². The highest BCUT2D eigenvalue weighted by Crippen LogP contribution is 1.99. The number of carbonyl (C=O) groups is 1. The van der Waals surface area contributed by atoms with Gasteiger partial charge in [-0.3, -0.25) is 9.78 Å². The summed E-state index contributed by atoms with van der Waals surface area (Å²) >= 11 is 0. The number of oxime groups is 1. The first-order valence-corrected chi connectivity index (χ1v) is 4.78. The molecule has 0 fully saturated rings. The Morgan fingerprint density at radius 2 is 2.38 bits per heavy atom. The van der Waals surface area contributed by atoms with Gasteiger partial charge >= 0.3 is 0 Å². The summed E-state index contributed by atoms with van der Waals surface area (Å²) in [5, 5.41) is 11.2. The average Bonchev–Trinajstić information content (AvgIpc) is 2.35. The van der Waals surface area contributed by atoms with Gasteiger partial charge in [0.1, 0.15) is 11.5 Å². The van der Waals surface area contributed by atoms with Crippen molar-refractivity contribution in [1.29, 1.82) is 0 Å². The lowest BCUT2D eigenvalue weighted by Gasteiger charge is -2.15. The molecular weight excluding hydrogens is 208 g/mol. The Bertz CT molecular complexity index is 378. The van der Waals surface area contributed by atoms with Crippen LogP contribution in [0.15, 0.2) is 29.6 Å². The molecule has 1 rings (SSSR count). The normalized spacial score (nSPS) is 11.2. The zero-order valence-corrected chi connectivity index (χ0v) is 9.00. The first-order chi connectivity index (χ1) is 7.65. The summed E-state index contributed by atoms with van der Waals surface area (Å²) in [6.07, 6.45) is 1.89. The third-order valence-corrected chi connectivity index (χ3v) is 2.06. The van der Waals surface area contributed by atoms with Gasteiger partial charge in [0.2, 0.25) is 0 Å². The number of nitrogens with two attached hydrogens (primary N) is 1. The van der Waals surface area contributed by atoms with Crippen LogP contribution in [0.3, 0.4) is 0 Å². The molecule has 0 atom stereocenters. The number of pyridine rings is 1. The van der Waals surface area contributed by atoms with E-state index in [4.69, 9.17) is 10.9 Å². The van der Waals surface area contributed by atoms with Crippen molar-refractivity contribution >= 4 is 11.7 Å². The van der Waals surface area contributed by atoms with Crippen LogP contribution in [0.25, 0.3) is 0 Å². The van der Waals surface area contributed by atoms with Crippen LogP contribution in [-0.4, -0.2) is 40.4 Å². The van der Waals surface area contributed by atoms with Crippen molar-refractivity contribution < 1.29 is 10.0 Å². The van der Waals surface area contributed by atoms with Crippen molar-refractivity contribution in [2.75, 3.05) is 13.6 Å². The van der Waals surface area contributed by atoms with Crippen molar-refractivity contribution in [3.8, 4) is 0 Å².